The van der Waals surface area contributed by atoms with Crippen LogP contribution in [-0.4, -0.2) is 45.2 Å². The van der Waals surface area contributed by atoms with Crippen molar-refractivity contribution in [3.8, 4) is 0 Å². The van der Waals surface area contributed by atoms with Gasteiger partial charge in [0.2, 0.25) is 5.91 Å². The zero-order chi connectivity index (χ0) is 22.1. The van der Waals surface area contributed by atoms with E-state index in [4.69, 9.17) is 0 Å². The van der Waals surface area contributed by atoms with Crippen LogP contribution in [0.1, 0.15) is 31.2 Å². The Kier molecular flexibility index (Phi) is 8.55. The maximum atomic E-state index is 12.7. The van der Waals surface area contributed by atoms with E-state index in [1.54, 1.807) is 6.20 Å². The van der Waals surface area contributed by atoms with E-state index in [2.05, 4.69) is 48.3 Å². The molecule has 2 atom stereocenters. The second kappa shape index (κ2) is 11.6. The number of allylic oxidation sites excluding steroid dienone is 2. The molecule has 0 aromatic carbocycles. The van der Waals surface area contributed by atoms with E-state index in [1.807, 2.05) is 50.2 Å². The molecule has 161 valence electrons. The van der Waals surface area contributed by atoms with Crippen molar-refractivity contribution in [2.45, 2.75) is 44.8 Å². The molecule has 0 saturated carbocycles. The van der Waals surface area contributed by atoms with E-state index < -0.39 is 0 Å². The third-order valence-electron chi connectivity index (χ3n) is 5.21. The molecule has 1 unspecified atom stereocenters. The van der Waals surface area contributed by atoms with Crippen LogP contribution in [0.15, 0.2) is 65.9 Å². The highest BCUT2D eigenvalue weighted by molar-refractivity contribution is 6.14. The first-order valence-electron chi connectivity index (χ1n) is 10.7. The molecule has 1 aliphatic rings. The summed E-state index contributed by atoms with van der Waals surface area (Å²) in [6.45, 7) is 5.86. The largest absolute Gasteiger partial charge is 0.366 e. The fourth-order valence-corrected chi connectivity index (χ4v) is 3.66. The van der Waals surface area contributed by atoms with Crippen LogP contribution in [-0.2, 0) is 11.3 Å². The van der Waals surface area contributed by atoms with Crippen LogP contribution in [0.4, 0.5) is 5.82 Å². The number of carbonyl (C=O) groups is 1. The fourth-order valence-electron chi connectivity index (χ4n) is 3.39. The van der Waals surface area contributed by atoms with E-state index in [-0.39, 0.29) is 17.5 Å². The van der Waals surface area contributed by atoms with Crippen molar-refractivity contribution in [3.05, 3.63) is 77.3 Å². The molecule has 6 nitrogen and oxygen atoms in total. The van der Waals surface area contributed by atoms with Gasteiger partial charge < -0.3 is 16.0 Å². The van der Waals surface area contributed by atoms with Gasteiger partial charge in [-0.25, -0.2) is 4.98 Å². The van der Waals surface area contributed by atoms with Crippen LogP contribution in [0.25, 0.3) is 0 Å². The van der Waals surface area contributed by atoms with Crippen LogP contribution in [0.2, 0.25) is 5.54 Å². The van der Waals surface area contributed by atoms with Gasteiger partial charge in [-0.05, 0) is 49.6 Å². The Morgan fingerprint density at radius 1 is 1.06 bits per heavy atom. The number of hydrogen-bond donors (Lipinski definition) is 3. The summed E-state index contributed by atoms with van der Waals surface area (Å²) in [5.41, 5.74) is 4.48. The van der Waals surface area contributed by atoms with Crippen molar-refractivity contribution in [2.24, 2.45) is 0 Å². The van der Waals surface area contributed by atoms with Crippen molar-refractivity contribution in [3.63, 3.8) is 0 Å². The molecule has 2 aromatic rings. The average molecular weight is 433 g/mol. The van der Waals surface area contributed by atoms with Gasteiger partial charge in [0, 0.05) is 41.8 Å². The number of anilines is 1. The number of rotatable bonds is 10. The van der Waals surface area contributed by atoms with Crippen LogP contribution in [0.5, 0.6) is 0 Å². The lowest BCUT2D eigenvalue weighted by Gasteiger charge is -2.22. The third kappa shape index (κ3) is 7.45. The molecule has 0 aliphatic heterocycles. The van der Waals surface area contributed by atoms with E-state index >= 15 is 0 Å². The normalized spacial score (nSPS) is 15.5. The van der Waals surface area contributed by atoms with Crippen LogP contribution in [0.3, 0.4) is 0 Å². The molecule has 3 rings (SSSR count). The van der Waals surface area contributed by atoms with Gasteiger partial charge in [-0.15, -0.1) is 0 Å². The molecule has 2 aromatic heterocycles. The standard InChI is InChI=1S/C24H30N5OSi/c1-17-6-5-8-22(29-17)26-14-19-9-11-20(12-10-19)15-28-24(30)23(18(2)31)27-16-21-7-3-4-13-25-21/h3-9,11,13,18,23,27H,10,12,14-16H2,1-2H3,(H,26,29)(H,28,30)/t18?,23-/m0/s1. The second-order valence-electron chi connectivity index (χ2n) is 7.85. The maximum Gasteiger partial charge on any atom is 0.237 e. The number of pyridine rings is 2. The summed E-state index contributed by atoms with van der Waals surface area (Å²) < 4.78 is 0. The molecule has 2 heterocycles. The van der Waals surface area contributed by atoms with Crippen molar-refractivity contribution < 1.29 is 4.79 Å². The van der Waals surface area contributed by atoms with Gasteiger partial charge in [0.05, 0.1) is 11.7 Å². The highest BCUT2D eigenvalue weighted by Gasteiger charge is 2.22. The predicted molar refractivity (Wildman–Crippen MR) is 126 cm³/mol. The molecule has 0 bridgehead atoms. The number of hydrogen-bond acceptors (Lipinski definition) is 5. The lowest BCUT2D eigenvalue weighted by Crippen LogP contribution is -2.46. The van der Waals surface area contributed by atoms with E-state index in [0.29, 0.717) is 13.1 Å². The minimum atomic E-state index is -0.333. The first-order valence-corrected chi connectivity index (χ1v) is 11.3. The molecule has 3 radical (unpaired) electrons. The Balaban J connectivity index is 1.46. The topological polar surface area (TPSA) is 78.9 Å². The van der Waals surface area contributed by atoms with Gasteiger partial charge in [0.15, 0.2) is 0 Å². The number of nitrogens with one attached hydrogen (secondary N) is 3. The molecule has 1 amide bonds. The minimum Gasteiger partial charge on any atom is -0.366 e. The number of carbonyl (C=O) groups excluding carboxylic acids is 1. The Morgan fingerprint density at radius 3 is 2.48 bits per heavy atom. The molecule has 0 spiro atoms. The van der Waals surface area contributed by atoms with E-state index in [1.165, 1.54) is 11.1 Å². The zero-order valence-corrected chi connectivity index (χ0v) is 19.2. The number of amides is 1. The Morgan fingerprint density at radius 2 is 1.84 bits per heavy atom. The monoisotopic (exact) mass is 432 g/mol. The first kappa shape index (κ1) is 22.9. The predicted octanol–water partition coefficient (Wildman–Crippen LogP) is 3.10. The quantitative estimate of drug-likeness (QED) is 0.503. The third-order valence-corrected chi connectivity index (χ3v) is 5.54. The Hall–Kier alpha value is -2.77. The fraction of sp³-hybridized carbons (Fsp3) is 0.375. The summed E-state index contributed by atoms with van der Waals surface area (Å²) >= 11 is 0. The molecule has 31 heavy (non-hydrogen) atoms. The van der Waals surface area contributed by atoms with Gasteiger partial charge in [-0.1, -0.05) is 42.4 Å². The average Bonchev–Trinajstić information content (AvgIpc) is 2.77. The van der Waals surface area contributed by atoms with Crippen LogP contribution >= 0.6 is 0 Å². The van der Waals surface area contributed by atoms with Gasteiger partial charge in [-0.3, -0.25) is 9.78 Å². The lowest BCUT2D eigenvalue weighted by molar-refractivity contribution is -0.123. The second-order valence-corrected chi connectivity index (χ2v) is 8.76. The Bertz CT molecular complexity index is 927. The summed E-state index contributed by atoms with van der Waals surface area (Å²) in [7, 11) is 3.61. The number of aromatic nitrogens is 2. The summed E-state index contributed by atoms with van der Waals surface area (Å²) in [6, 6.07) is 11.4. The zero-order valence-electron chi connectivity index (χ0n) is 18.2. The summed E-state index contributed by atoms with van der Waals surface area (Å²) in [6.07, 6.45) is 7.96. The molecule has 1 aliphatic carbocycles. The highest BCUT2D eigenvalue weighted by Crippen LogP contribution is 2.18. The van der Waals surface area contributed by atoms with Crippen LogP contribution in [0, 0.1) is 6.92 Å². The molecule has 7 heteroatoms. The van der Waals surface area contributed by atoms with Gasteiger partial charge >= 0.3 is 0 Å². The van der Waals surface area contributed by atoms with Gasteiger partial charge in [0.25, 0.3) is 0 Å². The van der Waals surface area contributed by atoms with Crippen molar-refractivity contribution in [2.75, 3.05) is 18.4 Å². The maximum absolute atomic E-state index is 12.7. The van der Waals surface area contributed by atoms with Crippen molar-refractivity contribution >= 4 is 22.0 Å². The smallest absolute Gasteiger partial charge is 0.237 e. The van der Waals surface area contributed by atoms with E-state index in [9.17, 15) is 4.79 Å². The van der Waals surface area contributed by atoms with Crippen LogP contribution < -0.4 is 16.0 Å². The van der Waals surface area contributed by atoms with E-state index in [0.717, 1.165) is 36.6 Å². The number of aryl methyl sites for hydroxylation is 1. The number of nitrogens with zero attached hydrogens (tertiary/aromatic N) is 2. The Labute approximate surface area is 188 Å². The molecule has 0 saturated heterocycles. The van der Waals surface area contributed by atoms with Crippen molar-refractivity contribution in [1.29, 1.82) is 0 Å². The molecular formula is C24H30N5OSi. The molecule has 0 fully saturated rings. The highest BCUT2D eigenvalue weighted by atomic mass is 28.1. The van der Waals surface area contributed by atoms with Gasteiger partial charge in [-0.2, -0.15) is 0 Å². The summed E-state index contributed by atoms with van der Waals surface area (Å²) in [5.74, 6) is 0.886. The molecule has 3 N–H and O–H groups in total. The SMILES string of the molecule is Cc1cccc(NCC2=CC=C(CNC(=O)[C@@H](NCc3ccccn3)C(C)[Si])CC2)n1. The first-order chi connectivity index (χ1) is 15.0. The minimum absolute atomic E-state index is 0.00291. The summed E-state index contributed by atoms with van der Waals surface area (Å²) in [4.78, 5) is 21.5. The van der Waals surface area contributed by atoms with Crippen molar-refractivity contribution in [1.82, 2.24) is 20.6 Å². The van der Waals surface area contributed by atoms with Gasteiger partial charge in [0.1, 0.15) is 5.82 Å². The summed E-state index contributed by atoms with van der Waals surface area (Å²) in [5, 5.41) is 9.75. The molecular weight excluding hydrogens is 402 g/mol. The lowest BCUT2D eigenvalue weighted by atomic mass is 9.98.